The second-order valence-electron chi connectivity index (χ2n) is 5.46. The average molecular weight is 373 g/mol. The number of nitrogens with one attached hydrogen (secondary N) is 1. The molecular formula is C15H24IN3. The first-order valence-electron chi connectivity index (χ1n) is 7.50. The maximum atomic E-state index is 4.73. The predicted octanol–water partition coefficient (Wildman–Crippen LogP) is 4.59. The van der Waals surface area contributed by atoms with Gasteiger partial charge in [0.05, 0.1) is 3.57 Å². The Morgan fingerprint density at radius 1 is 1.26 bits per heavy atom. The molecule has 3 nitrogen and oxygen atoms in total. The molecule has 1 aromatic heterocycles. The second kappa shape index (κ2) is 7.41. The molecule has 1 fully saturated rings. The third-order valence-corrected chi connectivity index (χ3v) is 4.81. The minimum absolute atomic E-state index is 0.572. The molecule has 0 amide bonds. The molecule has 0 unspecified atom stereocenters. The predicted molar refractivity (Wildman–Crippen MR) is 88.5 cm³/mol. The lowest BCUT2D eigenvalue weighted by atomic mass is 9.80. The monoisotopic (exact) mass is 373 g/mol. The normalized spacial score (nSPS) is 23.3. The van der Waals surface area contributed by atoms with Crippen LogP contribution in [0.3, 0.4) is 0 Å². The van der Waals surface area contributed by atoms with Crippen LogP contribution < -0.4 is 5.32 Å². The van der Waals surface area contributed by atoms with Gasteiger partial charge in [-0.15, -0.1) is 0 Å². The number of aromatic nitrogens is 2. The van der Waals surface area contributed by atoms with Crippen molar-refractivity contribution in [3.05, 3.63) is 15.6 Å². The molecule has 1 aliphatic carbocycles. The first kappa shape index (κ1) is 15.0. The molecule has 2 rings (SSSR count). The van der Waals surface area contributed by atoms with E-state index in [4.69, 9.17) is 4.98 Å². The van der Waals surface area contributed by atoms with Crippen LogP contribution in [0.5, 0.6) is 0 Å². The first-order chi connectivity index (χ1) is 9.24. The molecule has 0 aromatic carbocycles. The van der Waals surface area contributed by atoms with E-state index in [1.165, 1.54) is 38.5 Å². The molecule has 4 heteroatoms. The standard InChI is InChI=1S/C15H24IN3/c1-3-5-11-6-8-12(9-7-11)14-18-10-13(16)15(19-14)17-4-2/h10-12H,3-9H2,1-2H3,(H,17,18,19). The topological polar surface area (TPSA) is 37.8 Å². The maximum Gasteiger partial charge on any atom is 0.143 e. The van der Waals surface area contributed by atoms with E-state index in [9.17, 15) is 0 Å². The molecule has 106 valence electrons. The fourth-order valence-electron chi connectivity index (χ4n) is 2.99. The van der Waals surface area contributed by atoms with Gasteiger partial charge >= 0.3 is 0 Å². The third-order valence-electron chi connectivity index (χ3n) is 4.02. The maximum absolute atomic E-state index is 4.73. The van der Waals surface area contributed by atoms with Crippen LogP contribution >= 0.6 is 22.6 Å². The van der Waals surface area contributed by atoms with Gasteiger partial charge in [-0.1, -0.05) is 19.8 Å². The van der Waals surface area contributed by atoms with Gasteiger partial charge in [0.2, 0.25) is 0 Å². The molecule has 0 saturated heterocycles. The van der Waals surface area contributed by atoms with E-state index in [1.807, 2.05) is 6.20 Å². The Morgan fingerprint density at radius 3 is 2.63 bits per heavy atom. The summed E-state index contributed by atoms with van der Waals surface area (Å²) in [5.41, 5.74) is 0. The molecule has 19 heavy (non-hydrogen) atoms. The van der Waals surface area contributed by atoms with Crippen LogP contribution in [0.2, 0.25) is 0 Å². The number of rotatable bonds is 5. The fourth-order valence-corrected chi connectivity index (χ4v) is 3.44. The lowest BCUT2D eigenvalue weighted by Gasteiger charge is -2.27. The molecule has 0 spiro atoms. The van der Waals surface area contributed by atoms with Crippen molar-refractivity contribution in [1.29, 1.82) is 0 Å². The lowest BCUT2D eigenvalue weighted by molar-refractivity contribution is 0.302. The van der Waals surface area contributed by atoms with Gasteiger partial charge in [-0.3, -0.25) is 0 Å². The van der Waals surface area contributed by atoms with Crippen LogP contribution in [-0.2, 0) is 0 Å². The van der Waals surface area contributed by atoms with E-state index >= 15 is 0 Å². The van der Waals surface area contributed by atoms with Gasteiger partial charge in [-0.05, 0) is 61.1 Å². The molecular weight excluding hydrogens is 349 g/mol. The van der Waals surface area contributed by atoms with E-state index in [0.29, 0.717) is 5.92 Å². The second-order valence-corrected chi connectivity index (χ2v) is 6.62. The van der Waals surface area contributed by atoms with Gasteiger partial charge in [0, 0.05) is 18.7 Å². The first-order valence-corrected chi connectivity index (χ1v) is 8.58. The summed E-state index contributed by atoms with van der Waals surface area (Å²) in [5.74, 6) is 3.57. The summed E-state index contributed by atoms with van der Waals surface area (Å²) in [6.45, 7) is 5.31. The minimum Gasteiger partial charge on any atom is -0.369 e. The number of hydrogen-bond acceptors (Lipinski definition) is 3. The largest absolute Gasteiger partial charge is 0.369 e. The van der Waals surface area contributed by atoms with Crippen molar-refractivity contribution in [2.45, 2.75) is 58.3 Å². The highest BCUT2D eigenvalue weighted by atomic mass is 127. The molecule has 1 heterocycles. The summed E-state index contributed by atoms with van der Waals surface area (Å²) < 4.78 is 1.11. The van der Waals surface area contributed by atoms with Crippen LogP contribution in [0.15, 0.2) is 6.20 Å². The molecule has 1 saturated carbocycles. The van der Waals surface area contributed by atoms with E-state index in [2.05, 4.69) is 46.7 Å². The summed E-state index contributed by atoms with van der Waals surface area (Å²) in [7, 11) is 0. The number of hydrogen-bond donors (Lipinski definition) is 1. The highest BCUT2D eigenvalue weighted by Crippen LogP contribution is 2.36. The van der Waals surface area contributed by atoms with Crippen LogP contribution in [0.1, 0.15) is 64.1 Å². The molecule has 1 N–H and O–H groups in total. The van der Waals surface area contributed by atoms with Crippen molar-refractivity contribution in [3.8, 4) is 0 Å². The van der Waals surface area contributed by atoms with Crippen molar-refractivity contribution in [1.82, 2.24) is 9.97 Å². The van der Waals surface area contributed by atoms with Crippen LogP contribution in [0.25, 0.3) is 0 Å². The van der Waals surface area contributed by atoms with Crippen molar-refractivity contribution in [3.63, 3.8) is 0 Å². The Balaban J connectivity index is 2.01. The Hall–Kier alpha value is -0.390. The summed E-state index contributed by atoms with van der Waals surface area (Å²) in [4.78, 5) is 9.28. The summed E-state index contributed by atoms with van der Waals surface area (Å²) >= 11 is 2.30. The Morgan fingerprint density at radius 2 is 2.00 bits per heavy atom. The average Bonchev–Trinajstić information content (AvgIpc) is 2.43. The fraction of sp³-hybridized carbons (Fsp3) is 0.733. The van der Waals surface area contributed by atoms with E-state index in [0.717, 1.165) is 27.7 Å². The lowest BCUT2D eigenvalue weighted by Crippen LogP contribution is -2.16. The zero-order valence-electron chi connectivity index (χ0n) is 12.0. The van der Waals surface area contributed by atoms with E-state index in [1.54, 1.807) is 0 Å². The Labute approximate surface area is 130 Å². The molecule has 0 atom stereocenters. The van der Waals surface area contributed by atoms with Crippen molar-refractivity contribution in [2.24, 2.45) is 5.92 Å². The van der Waals surface area contributed by atoms with Crippen molar-refractivity contribution >= 4 is 28.4 Å². The Bertz CT molecular complexity index is 400. The van der Waals surface area contributed by atoms with Gasteiger partial charge in [0.1, 0.15) is 11.6 Å². The van der Waals surface area contributed by atoms with Crippen molar-refractivity contribution < 1.29 is 0 Å². The van der Waals surface area contributed by atoms with Crippen molar-refractivity contribution in [2.75, 3.05) is 11.9 Å². The minimum atomic E-state index is 0.572. The van der Waals surface area contributed by atoms with Crippen LogP contribution in [0.4, 0.5) is 5.82 Å². The van der Waals surface area contributed by atoms with Gasteiger partial charge in [-0.2, -0.15) is 0 Å². The highest BCUT2D eigenvalue weighted by Gasteiger charge is 2.24. The number of anilines is 1. The van der Waals surface area contributed by atoms with E-state index in [-0.39, 0.29) is 0 Å². The highest BCUT2D eigenvalue weighted by molar-refractivity contribution is 14.1. The van der Waals surface area contributed by atoms with Gasteiger partial charge < -0.3 is 5.32 Å². The third kappa shape index (κ3) is 4.04. The van der Waals surface area contributed by atoms with Crippen LogP contribution in [-0.4, -0.2) is 16.5 Å². The van der Waals surface area contributed by atoms with Gasteiger partial charge in [-0.25, -0.2) is 9.97 Å². The zero-order chi connectivity index (χ0) is 13.7. The number of nitrogens with zero attached hydrogens (tertiary/aromatic N) is 2. The molecule has 1 aliphatic rings. The zero-order valence-corrected chi connectivity index (χ0v) is 14.1. The number of halogens is 1. The van der Waals surface area contributed by atoms with Gasteiger partial charge in [0.25, 0.3) is 0 Å². The molecule has 0 bridgehead atoms. The SMILES string of the molecule is CCCC1CCC(c2ncc(I)c(NCC)n2)CC1. The van der Waals surface area contributed by atoms with E-state index < -0.39 is 0 Å². The summed E-state index contributed by atoms with van der Waals surface area (Å²) in [5, 5.41) is 3.33. The smallest absolute Gasteiger partial charge is 0.143 e. The van der Waals surface area contributed by atoms with Crippen LogP contribution in [0, 0.1) is 9.49 Å². The summed E-state index contributed by atoms with van der Waals surface area (Å²) in [6.07, 6.45) is 9.89. The molecule has 0 aliphatic heterocycles. The van der Waals surface area contributed by atoms with Gasteiger partial charge in [0.15, 0.2) is 0 Å². The summed E-state index contributed by atoms with van der Waals surface area (Å²) in [6, 6.07) is 0. The molecule has 1 aromatic rings. The molecule has 0 radical (unpaired) electrons. The quantitative estimate of drug-likeness (QED) is 0.768. The Kier molecular flexibility index (Phi) is 5.85.